The number of phosphoric acid groups is 1. The van der Waals surface area contributed by atoms with Crippen LogP contribution in [0.15, 0.2) is 0 Å². The van der Waals surface area contributed by atoms with E-state index in [1.165, 1.54) is 0 Å². The van der Waals surface area contributed by atoms with Crippen LogP contribution in [0.5, 0.6) is 0 Å². The molecule has 2 saturated heterocycles. The second-order valence-corrected chi connectivity index (χ2v) is 4.27. The molecular formula is C5H8BO5P. The molecule has 2 radical (unpaired) electrons. The van der Waals surface area contributed by atoms with E-state index in [-0.39, 0.29) is 12.7 Å². The van der Waals surface area contributed by atoms with Gasteiger partial charge in [0.15, 0.2) is 0 Å². The average Bonchev–Trinajstić information content (AvgIpc) is 2.19. The molecule has 4 atom stereocenters. The molecule has 0 aromatic rings. The van der Waals surface area contributed by atoms with E-state index < -0.39 is 19.9 Å². The van der Waals surface area contributed by atoms with Crippen LogP contribution < -0.4 is 0 Å². The second kappa shape index (κ2) is 2.82. The highest BCUT2D eigenvalue weighted by Crippen LogP contribution is 2.49. The van der Waals surface area contributed by atoms with E-state index in [0.717, 1.165) is 0 Å². The maximum absolute atomic E-state index is 11.0. The molecule has 5 nitrogen and oxygen atoms in total. The van der Waals surface area contributed by atoms with Gasteiger partial charge in [-0.2, -0.15) is 0 Å². The SMILES string of the molecule is [B][C@@H]1O[C@H]2COP(=O)(O)OC1C2. The van der Waals surface area contributed by atoms with Crippen molar-refractivity contribution in [3.05, 3.63) is 0 Å². The summed E-state index contributed by atoms with van der Waals surface area (Å²) >= 11 is 0. The van der Waals surface area contributed by atoms with Crippen LogP contribution in [0.3, 0.4) is 0 Å². The van der Waals surface area contributed by atoms with Gasteiger partial charge in [0, 0.05) is 12.4 Å². The van der Waals surface area contributed by atoms with Crippen molar-refractivity contribution in [2.45, 2.75) is 24.6 Å². The summed E-state index contributed by atoms with van der Waals surface area (Å²) in [5.41, 5.74) is 0. The lowest BCUT2D eigenvalue weighted by molar-refractivity contribution is 0.00215. The smallest absolute Gasteiger partial charge is 0.380 e. The van der Waals surface area contributed by atoms with Crippen LogP contribution in [0.1, 0.15) is 6.42 Å². The van der Waals surface area contributed by atoms with Gasteiger partial charge in [0.2, 0.25) is 0 Å². The van der Waals surface area contributed by atoms with E-state index in [1.807, 2.05) is 0 Å². The first-order valence-electron chi connectivity index (χ1n) is 3.63. The summed E-state index contributed by atoms with van der Waals surface area (Å²) < 4.78 is 25.5. The van der Waals surface area contributed by atoms with E-state index >= 15 is 0 Å². The number of phosphoric ester groups is 1. The second-order valence-electron chi connectivity index (χ2n) is 2.87. The third-order valence-electron chi connectivity index (χ3n) is 1.90. The minimum absolute atomic E-state index is 0.0674. The lowest BCUT2D eigenvalue weighted by atomic mass is 9.95. The molecular weight excluding hydrogens is 182 g/mol. The van der Waals surface area contributed by atoms with Gasteiger partial charge in [0.05, 0.1) is 18.8 Å². The Morgan fingerprint density at radius 1 is 1.58 bits per heavy atom. The van der Waals surface area contributed by atoms with Crippen LogP contribution in [0.2, 0.25) is 0 Å². The fraction of sp³-hybridized carbons (Fsp3) is 1.00. The van der Waals surface area contributed by atoms with E-state index in [9.17, 15) is 4.57 Å². The van der Waals surface area contributed by atoms with Crippen molar-refractivity contribution in [1.29, 1.82) is 0 Å². The number of hydrogen-bond donors (Lipinski definition) is 1. The molecule has 2 aliphatic heterocycles. The molecule has 2 rings (SSSR count). The van der Waals surface area contributed by atoms with Crippen LogP contribution in [0, 0.1) is 0 Å². The molecule has 0 amide bonds. The maximum atomic E-state index is 11.0. The summed E-state index contributed by atoms with van der Waals surface area (Å²) in [6, 6.07) is -0.612. The van der Waals surface area contributed by atoms with Crippen molar-refractivity contribution in [3.8, 4) is 0 Å². The summed E-state index contributed by atoms with van der Waals surface area (Å²) in [5.74, 6) is 0. The zero-order valence-corrected chi connectivity index (χ0v) is 7.15. The van der Waals surface area contributed by atoms with E-state index in [0.29, 0.717) is 6.42 Å². The predicted octanol–water partition coefficient (Wildman–Crippen LogP) is -0.214. The van der Waals surface area contributed by atoms with Gasteiger partial charge >= 0.3 is 7.82 Å². The Morgan fingerprint density at radius 2 is 2.33 bits per heavy atom. The van der Waals surface area contributed by atoms with Crippen LogP contribution in [-0.4, -0.2) is 37.6 Å². The third-order valence-corrected chi connectivity index (χ3v) is 2.92. The van der Waals surface area contributed by atoms with Gasteiger partial charge in [-0.3, -0.25) is 9.05 Å². The van der Waals surface area contributed by atoms with Crippen LogP contribution in [0.25, 0.3) is 0 Å². The molecule has 12 heavy (non-hydrogen) atoms. The summed E-state index contributed by atoms with van der Waals surface area (Å²) in [6.45, 7) is 0.0674. The Balaban J connectivity index is 2.15. The first-order valence-corrected chi connectivity index (χ1v) is 5.13. The summed E-state index contributed by atoms with van der Waals surface area (Å²) in [7, 11) is 1.61. The predicted molar refractivity (Wildman–Crippen MR) is 39.7 cm³/mol. The largest absolute Gasteiger partial charge is 0.472 e. The van der Waals surface area contributed by atoms with Crippen molar-refractivity contribution in [2.75, 3.05) is 6.61 Å². The highest BCUT2D eigenvalue weighted by atomic mass is 31.2. The van der Waals surface area contributed by atoms with Crippen molar-refractivity contribution in [2.24, 2.45) is 0 Å². The van der Waals surface area contributed by atoms with Crippen molar-refractivity contribution >= 4 is 15.7 Å². The Kier molecular flexibility index (Phi) is 2.05. The van der Waals surface area contributed by atoms with Gasteiger partial charge in [-0.15, -0.1) is 0 Å². The molecule has 0 saturated carbocycles. The molecule has 2 bridgehead atoms. The standard InChI is InChI=1S/C5H8BO5P/c6-5-4-1-3(10-5)2-9-12(7,8)11-4/h3-5H,1-2H2,(H,7,8)/t3-,4?,5-/m1/s1. The summed E-state index contributed by atoms with van der Waals surface area (Å²) in [5, 5.41) is 0. The molecule has 66 valence electrons. The minimum Gasteiger partial charge on any atom is -0.380 e. The fourth-order valence-corrected chi connectivity index (χ4v) is 2.31. The molecule has 2 heterocycles. The average molecular weight is 190 g/mol. The maximum Gasteiger partial charge on any atom is 0.472 e. The summed E-state index contributed by atoms with van der Waals surface area (Å²) in [4.78, 5) is 8.99. The zero-order chi connectivity index (χ0) is 8.77. The molecule has 7 heteroatoms. The molecule has 0 aliphatic carbocycles. The lowest BCUT2D eigenvalue weighted by Gasteiger charge is -2.20. The fourth-order valence-electron chi connectivity index (χ4n) is 1.35. The molecule has 0 spiro atoms. The topological polar surface area (TPSA) is 65.0 Å². The Labute approximate surface area is 71.0 Å². The van der Waals surface area contributed by atoms with Gasteiger partial charge in [0.1, 0.15) is 7.85 Å². The molecule has 0 aromatic heterocycles. The third kappa shape index (κ3) is 1.58. The van der Waals surface area contributed by atoms with E-state index in [2.05, 4.69) is 4.52 Å². The van der Waals surface area contributed by atoms with Gasteiger partial charge in [-0.05, 0) is 0 Å². The van der Waals surface area contributed by atoms with Gasteiger partial charge < -0.3 is 9.63 Å². The van der Waals surface area contributed by atoms with Crippen LogP contribution >= 0.6 is 7.82 Å². The molecule has 1 N–H and O–H groups in total. The molecule has 2 aliphatic rings. The minimum atomic E-state index is -3.87. The Bertz CT molecular complexity index is 234. The number of rotatable bonds is 0. The van der Waals surface area contributed by atoms with Crippen LogP contribution in [-0.2, 0) is 18.3 Å². The Hall–Kier alpha value is 0.135. The van der Waals surface area contributed by atoms with E-state index in [4.69, 9.17) is 22.0 Å². The first kappa shape index (κ1) is 8.72. The van der Waals surface area contributed by atoms with Crippen LogP contribution in [0.4, 0.5) is 0 Å². The lowest BCUT2D eigenvalue weighted by Crippen LogP contribution is -2.25. The molecule has 2 fully saturated rings. The van der Waals surface area contributed by atoms with Crippen molar-refractivity contribution in [3.63, 3.8) is 0 Å². The molecule has 2 unspecified atom stereocenters. The highest BCUT2D eigenvalue weighted by molar-refractivity contribution is 7.47. The quantitative estimate of drug-likeness (QED) is 0.422. The van der Waals surface area contributed by atoms with Crippen molar-refractivity contribution < 1.29 is 23.2 Å². The number of ether oxygens (including phenoxy) is 1. The zero-order valence-electron chi connectivity index (χ0n) is 6.25. The van der Waals surface area contributed by atoms with Gasteiger partial charge in [-0.1, -0.05) is 0 Å². The highest BCUT2D eigenvalue weighted by Gasteiger charge is 2.42. The van der Waals surface area contributed by atoms with E-state index in [1.54, 1.807) is 0 Å². The first-order chi connectivity index (χ1) is 5.57. The van der Waals surface area contributed by atoms with Crippen molar-refractivity contribution in [1.82, 2.24) is 0 Å². The monoisotopic (exact) mass is 190 g/mol. The van der Waals surface area contributed by atoms with Gasteiger partial charge in [-0.25, -0.2) is 4.57 Å². The number of hydrogen-bond acceptors (Lipinski definition) is 4. The Morgan fingerprint density at radius 3 is 3.08 bits per heavy atom. The normalized spacial score (nSPS) is 53.6. The van der Waals surface area contributed by atoms with Gasteiger partial charge in [0.25, 0.3) is 0 Å². The summed E-state index contributed by atoms with van der Waals surface area (Å²) in [6.07, 6.45) is -0.215. The number of fused-ring (bicyclic) bond motifs is 2. The molecule has 0 aromatic carbocycles.